The number of carbonyl (C=O) groups excluding carboxylic acids is 1. The standard InChI is InChI=1S/C27H27F4N3O2/c28-19-4-8-21(9-5-19)34-23-13-16-2-1-3-18-14-25(36,27(29,30)31)10-11-26(18,24(35)33-20-6-7-20)22(16)12-17(23)15-32-34/h4-5,8-9,12-13,15,18,20,36H,1-3,6-7,10-11,14H2,(H,33,35)/t18-,25-,26+/m1/s1. The number of amides is 1. The first kappa shape index (κ1) is 23.5. The molecule has 0 bridgehead atoms. The Bertz CT molecular complexity index is 1330. The van der Waals surface area contributed by atoms with Crippen molar-refractivity contribution in [1.82, 2.24) is 15.1 Å². The van der Waals surface area contributed by atoms with Crippen LogP contribution >= 0.6 is 0 Å². The van der Waals surface area contributed by atoms with Crippen LogP contribution in [0.3, 0.4) is 0 Å². The van der Waals surface area contributed by atoms with Crippen LogP contribution in [-0.2, 0) is 16.6 Å². The molecule has 3 aliphatic rings. The van der Waals surface area contributed by atoms with Crippen LogP contribution in [0.5, 0.6) is 0 Å². The van der Waals surface area contributed by atoms with Crippen molar-refractivity contribution in [1.29, 1.82) is 0 Å². The third-order valence-electron chi connectivity index (χ3n) is 8.40. The van der Waals surface area contributed by atoms with Crippen LogP contribution < -0.4 is 5.32 Å². The van der Waals surface area contributed by atoms with Gasteiger partial charge in [-0.25, -0.2) is 9.07 Å². The molecule has 0 radical (unpaired) electrons. The number of hydrogen-bond donors (Lipinski definition) is 2. The highest BCUT2D eigenvalue weighted by Crippen LogP contribution is 2.56. The van der Waals surface area contributed by atoms with Gasteiger partial charge in [0.15, 0.2) is 5.60 Å². The first-order valence-electron chi connectivity index (χ1n) is 12.5. The van der Waals surface area contributed by atoms with E-state index < -0.39 is 36.0 Å². The van der Waals surface area contributed by atoms with Crippen LogP contribution in [0.15, 0.2) is 42.6 Å². The molecule has 2 N–H and O–H groups in total. The monoisotopic (exact) mass is 501 g/mol. The number of carbonyl (C=O) groups is 1. The highest BCUT2D eigenvalue weighted by atomic mass is 19.4. The van der Waals surface area contributed by atoms with Crippen LogP contribution in [0, 0.1) is 11.7 Å². The molecule has 0 unspecified atom stereocenters. The molecule has 2 aromatic carbocycles. The second kappa shape index (κ2) is 8.03. The molecule has 36 heavy (non-hydrogen) atoms. The van der Waals surface area contributed by atoms with E-state index in [1.807, 2.05) is 12.1 Å². The lowest BCUT2D eigenvalue weighted by Gasteiger charge is -2.49. The molecule has 2 saturated carbocycles. The largest absolute Gasteiger partial charge is 0.417 e. The van der Waals surface area contributed by atoms with Crippen molar-refractivity contribution < 1.29 is 27.5 Å². The second-order valence-electron chi connectivity index (χ2n) is 10.6. The number of aliphatic hydroxyl groups is 1. The van der Waals surface area contributed by atoms with Gasteiger partial charge in [0.2, 0.25) is 5.91 Å². The van der Waals surface area contributed by atoms with Crippen LogP contribution in [0.4, 0.5) is 17.6 Å². The lowest BCUT2D eigenvalue weighted by atomic mass is 9.57. The van der Waals surface area contributed by atoms with Gasteiger partial charge in [-0.15, -0.1) is 0 Å². The summed E-state index contributed by atoms with van der Waals surface area (Å²) in [5.41, 5.74) is -0.789. The van der Waals surface area contributed by atoms with E-state index in [0.717, 1.165) is 34.9 Å². The molecule has 1 heterocycles. The Labute approximate surface area is 205 Å². The van der Waals surface area contributed by atoms with Crippen molar-refractivity contribution >= 4 is 16.8 Å². The van der Waals surface area contributed by atoms with Crippen LogP contribution in [0.2, 0.25) is 0 Å². The van der Waals surface area contributed by atoms with Crippen LogP contribution in [0.1, 0.15) is 56.1 Å². The third-order valence-corrected chi connectivity index (χ3v) is 8.40. The smallest absolute Gasteiger partial charge is 0.380 e. The number of fused-ring (bicyclic) bond motifs is 4. The highest BCUT2D eigenvalue weighted by molar-refractivity contribution is 5.92. The summed E-state index contributed by atoms with van der Waals surface area (Å²) >= 11 is 0. The molecule has 6 rings (SSSR count). The fourth-order valence-corrected chi connectivity index (χ4v) is 6.28. The van der Waals surface area contributed by atoms with Crippen LogP contribution in [-0.4, -0.2) is 38.6 Å². The molecular formula is C27H27F4N3O2. The topological polar surface area (TPSA) is 67.2 Å². The van der Waals surface area contributed by atoms with Crippen molar-refractivity contribution in [2.24, 2.45) is 5.92 Å². The molecule has 3 aliphatic carbocycles. The van der Waals surface area contributed by atoms with Gasteiger partial charge >= 0.3 is 6.18 Å². The molecule has 0 aliphatic heterocycles. The van der Waals surface area contributed by atoms with E-state index in [1.165, 1.54) is 12.1 Å². The Hall–Kier alpha value is -2.94. The number of halogens is 4. The number of alkyl halides is 3. The summed E-state index contributed by atoms with van der Waals surface area (Å²) < 4.78 is 56.7. The summed E-state index contributed by atoms with van der Waals surface area (Å²) in [7, 11) is 0. The Morgan fingerprint density at radius 3 is 2.56 bits per heavy atom. The van der Waals surface area contributed by atoms with Crippen molar-refractivity contribution in [2.45, 2.75) is 74.6 Å². The van der Waals surface area contributed by atoms with Gasteiger partial charge in [0.05, 0.1) is 22.8 Å². The van der Waals surface area contributed by atoms with Gasteiger partial charge in [0.25, 0.3) is 0 Å². The van der Waals surface area contributed by atoms with E-state index in [9.17, 15) is 27.5 Å². The molecular weight excluding hydrogens is 474 g/mol. The maximum Gasteiger partial charge on any atom is 0.417 e. The predicted molar refractivity (Wildman–Crippen MR) is 125 cm³/mol. The number of nitrogens with zero attached hydrogens (tertiary/aromatic N) is 2. The fourth-order valence-electron chi connectivity index (χ4n) is 6.28. The number of hydrogen-bond acceptors (Lipinski definition) is 3. The lowest BCUT2D eigenvalue weighted by molar-refractivity contribution is -0.278. The molecule has 9 heteroatoms. The minimum atomic E-state index is -4.75. The molecule has 2 fully saturated rings. The van der Waals surface area contributed by atoms with Crippen molar-refractivity contribution in [2.75, 3.05) is 0 Å². The van der Waals surface area contributed by atoms with Gasteiger partial charge in [-0.3, -0.25) is 4.79 Å². The molecule has 3 atom stereocenters. The van der Waals surface area contributed by atoms with E-state index in [2.05, 4.69) is 10.4 Å². The van der Waals surface area contributed by atoms with Gasteiger partial charge in [-0.05, 0) is 105 Å². The zero-order valence-corrected chi connectivity index (χ0v) is 19.6. The molecule has 5 nitrogen and oxygen atoms in total. The number of aromatic nitrogens is 2. The lowest BCUT2D eigenvalue weighted by Crippen LogP contribution is -2.59. The Balaban J connectivity index is 1.49. The first-order valence-corrected chi connectivity index (χ1v) is 12.5. The van der Waals surface area contributed by atoms with Gasteiger partial charge in [0, 0.05) is 11.4 Å². The van der Waals surface area contributed by atoms with Gasteiger partial charge < -0.3 is 10.4 Å². The summed E-state index contributed by atoms with van der Waals surface area (Å²) in [5, 5.41) is 18.9. The maximum atomic E-state index is 13.8. The van der Waals surface area contributed by atoms with Crippen molar-refractivity contribution in [3.05, 3.63) is 59.5 Å². The first-order chi connectivity index (χ1) is 17.1. The minimum absolute atomic E-state index is 0.0626. The Kier molecular flexibility index (Phi) is 5.23. The zero-order valence-electron chi connectivity index (χ0n) is 19.6. The summed E-state index contributed by atoms with van der Waals surface area (Å²) in [6.07, 6.45) is -0.771. The molecule has 1 aromatic heterocycles. The van der Waals surface area contributed by atoms with Crippen LogP contribution in [0.25, 0.3) is 16.6 Å². The summed E-state index contributed by atoms with van der Waals surface area (Å²) in [6, 6.07) is 9.92. The quantitative estimate of drug-likeness (QED) is 0.490. The van der Waals surface area contributed by atoms with E-state index in [0.29, 0.717) is 24.9 Å². The normalized spacial score (nSPS) is 28.3. The average Bonchev–Trinajstić information content (AvgIpc) is 3.58. The molecule has 0 spiro atoms. The Morgan fingerprint density at radius 1 is 1.11 bits per heavy atom. The number of benzene rings is 2. The number of aryl methyl sites for hydroxylation is 1. The van der Waals surface area contributed by atoms with Crippen molar-refractivity contribution in [3.63, 3.8) is 0 Å². The second-order valence-corrected chi connectivity index (χ2v) is 10.6. The zero-order chi connectivity index (χ0) is 25.3. The van der Waals surface area contributed by atoms with Gasteiger partial charge in [0.1, 0.15) is 5.82 Å². The predicted octanol–water partition coefficient (Wildman–Crippen LogP) is 5.11. The highest BCUT2D eigenvalue weighted by Gasteiger charge is 2.63. The average molecular weight is 502 g/mol. The third kappa shape index (κ3) is 3.62. The van der Waals surface area contributed by atoms with Gasteiger partial charge in [-0.1, -0.05) is 0 Å². The van der Waals surface area contributed by atoms with E-state index in [4.69, 9.17) is 0 Å². The van der Waals surface area contributed by atoms with E-state index >= 15 is 0 Å². The summed E-state index contributed by atoms with van der Waals surface area (Å²) in [4.78, 5) is 13.8. The van der Waals surface area contributed by atoms with Crippen molar-refractivity contribution in [3.8, 4) is 5.69 Å². The SMILES string of the molecule is O=C(NC1CC1)[C@@]12CC[C@](O)(C(F)(F)F)C[C@H]1CCCc1cc3c(cnn3-c3ccc(F)cc3)cc12. The number of nitrogens with one attached hydrogen (secondary N) is 1. The molecule has 190 valence electrons. The van der Waals surface area contributed by atoms with E-state index in [1.54, 1.807) is 23.0 Å². The maximum absolute atomic E-state index is 13.8. The fraction of sp³-hybridized carbons (Fsp3) is 0.481. The molecule has 1 amide bonds. The number of rotatable bonds is 3. The minimum Gasteiger partial charge on any atom is -0.380 e. The van der Waals surface area contributed by atoms with E-state index in [-0.39, 0.29) is 24.2 Å². The molecule has 0 saturated heterocycles. The summed E-state index contributed by atoms with van der Waals surface area (Å²) in [6.45, 7) is 0. The van der Waals surface area contributed by atoms with Gasteiger partial charge in [-0.2, -0.15) is 18.3 Å². The Morgan fingerprint density at radius 2 is 1.86 bits per heavy atom. The summed E-state index contributed by atoms with van der Waals surface area (Å²) in [5.74, 6) is -1.22. The molecule has 3 aromatic rings.